The topological polar surface area (TPSA) is 93.5 Å². The number of aryl methyl sites for hydroxylation is 1. The van der Waals surface area contributed by atoms with Gasteiger partial charge in [-0.1, -0.05) is 0 Å². The van der Waals surface area contributed by atoms with Crippen molar-refractivity contribution >= 4 is 10.0 Å². The SMILES string of the molecule is Cn1nc(C(F)(F)F)cc1S(=O)(=O)NCCC1(O)CCCOC1. The van der Waals surface area contributed by atoms with Gasteiger partial charge in [0.15, 0.2) is 10.7 Å². The van der Waals surface area contributed by atoms with Crippen LogP contribution < -0.4 is 4.72 Å². The molecule has 2 heterocycles. The van der Waals surface area contributed by atoms with E-state index in [1.165, 1.54) is 0 Å². The van der Waals surface area contributed by atoms with Crippen LogP contribution in [0.15, 0.2) is 11.1 Å². The minimum atomic E-state index is -4.72. The number of sulfonamides is 1. The second-order valence-electron chi connectivity index (χ2n) is 5.52. The molecule has 1 atom stereocenters. The maximum atomic E-state index is 12.6. The first-order chi connectivity index (χ1) is 10.5. The molecule has 1 saturated heterocycles. The number of aromatic nitrogens is 2. The summed E-state index contributed by atoms with van der Waals surface area (Å²) in [6, 6.07) is 0.473. The van der Waals surface area contributed by atoms with Gasteiger partial charge in [-0.3, -0.25) is 4.68 Å². The third-order valence-corrected chi connectivity index (χ3v) is 5.10. The van der Waals surface area contributed by atoms with Crippen LogP contribution in [0.2, 0.25) is 0 Å². The summed E-state index contributed by atoms with van der Waals surface area (Å²) in [5.74, 6) is 0. The quantitative estimate of drug-likeness (QED) is 0.807. The molecule has 132 valence electrons. The molecule has 1 aliphatic rings. The summed E-state index contributed by atoms with van der Waals surface area (Å²) in [4.78, 5) is 0. The fraction of sp³-hybridized carbons (Fsp3) is 0.750. The lowest BCUT2D eigenvalue weighted by Gasteiger charge is -2.31. The number of aliphatic hydroxyl groups is 1. The Kier molecular flexibility index (Phi) is 5.04. The lowest BCUT2D eigenvalue weighted by atomic mass is 9.93. The van der Waals surface area contributed by atoms with E-state index in [0.29, 0.717) is 30.2 Å². The van der Waals surface area contributed by atoms with E-state index < -0.39 is 32.5 Å². The van der Waals surface area contributed by atoms with Crippen LogP contribution in [0.5, 0.6) is 0 Å². The van der Waals surface area contributed by atoms with Gasteiger partial charge in [-0.2, -0.15) is 18.3 Å². The summed E-state index contributed by atoms with van der Waals surface area (Å²) in [6.07, 6.45) is -3.46. The molecular formula is C12H18F3N3O4S. The summed E-state index contributed by atoms with van der Waals surface area (Å²) in [5, 5.41) is 12.8. The minimum Gasteiger partial charge on any atom is -0.387 e. The summed E-state index contributed by atoms with van der Waals surface area (Å²) >= 11 is 0. The molecule has 1 aromatic rings. The van der Waals surface area contributed by atoms with Gasteiger partial charge in [0.25, 0.3) is 10.0 Å². The molecule has 7 nitrogen and oxygen atoms in total. The maximum Gasteiger partial charge on any atom is 0.435 e. The van der Waals surface area contributed by atoms with Crippen LogP contribution in [0.3, 0.4) is 0 Å². The standard InChI is InChI=1S/C12H18F3N3O4S/c1-18-10(7-9(17-18)12(13,14)15)23(20,21)16-5-4-11(19)3-2-6-22-8-11/h7,16,19H,2-6,8H2,1H3. The van der Waals surface area contributed by atoms with Crippen LogP contribution in [0.1, 0.15) is 25.0 Å². The average Bonchev–Trinajstić information content (AvgIpc) is 2.82. The van der Waals surface area contributed by atoms with E-state index in [0.717, 1.165) is 7.05 Å². The highest BCUT2D eigenvalue weighted by atomic mass is 32.2. The van der Waals surface area contributed by atoms with Gasteiger partial charge in [0.05, 0.1) is 12.2 Å². The van der Waals surface area contributed by atoms with Crippen LogP contribution in [0.25, 0.3) is 0 Å². The smallest absolute Gasteiger partial charge is 0.387 e. The zero-order chi connectivity index (χ0) is 17.3. The van der Waals surface area contributed by atoms with E-state index in [9.17, 15) is 26.7 Å². The molecule has 0 saturated carbocycles. The normalized spacial score (nSPS) is 23.2. The molecule has 1 aliphatic heterocycles. The van der Waals surface area contributed by atoms with E-state index in [1.807, 2.05) is 0 Å². The molecule has 0 aliphatic carbocycles. The molecule has 0 radical (unpaired) electrons. The summed E-state index contributed by atoms with van der Waals surface area (Å²) < 4.78 is 69.9. The maximum absolute atomic E-state index is 12.6. The van der Waals surface area contributed by atoms with Crippen LogP contribution in [0.4, 0.5) is 13.2 Å². The van der Waals surface area contributed by atoms with Crippen LogP contribution in [-0.2, 0) is 28.0 Å². The Morgan fingerprint density at radius 2 is 2.22 bits per heavy atom. The fourth-order valence-corrected chi connectivity index (χ4v) is 3.54. The number of nitrogens with one attached hydrogen (secondary N) is 1. The molecule has 1 fully saturated rings. The first-order valence-electron chi connectivity index (χ1n) is 6.95. The van der Waals surface area contributed by atoms with Gasteiger partial charge < -0.3 is 9.84 Å². The Hall–Kier alpha value is -1.17. The van der Waals surface area contributed by atoms with E-state index in [2.05, 4.69) is 9.82 Å². The molecular weight excluding hydrogens is 339 g/mol. The van der Waals surface area contributed by atoms with Gasteiger partial charge in [0.2, 0.25) is 0 Å². The summed E-state index contributed by atoms with van der Waals surface area (Å²) in [5.41, 5.74) is -2.40. The van der Waals surface area contributed by atoms with Gasteiger partial charge in [-0.25, -0.2) is 13.1 Å². The Morgan fingerprint density at radius 3 is 2.74 bits per heavy atom. The number of ether oxygens (including phenoxy) is 1. The van der Waals surface area contributed by atoms with E-state index >= 15 is 0 Å². The predicted octanol–water partition coefficient (Wildman–Crippen LogP) is 0.649. The molecule has 0 amide bonds. The van der Waals surface area contributed by atoms with Crippen LogP contribution >= 0.6 is 0 Å². The molecule has 0 bridgehead atoms. The van der Waals surface area contributed by atoms with Crippen molar-refractivity contribution in [3.63, 3.8) is 0 Å². The van der Waals surface area contributed by atoms with Crippen molar-refractivity contribution in [2.75, 3.05) is 19.8 Å². The fourth-order valence-electron chi connectivity index (χ4n) is 2.37. The van der Waals surface area contributed by atoms with Gasteiger partial charge in [0.1, 0.15) is 0 Å². The van der Waals surface area contributed by atoms with Crippen molar-refractivity contribution in [2.45, 2.75) is 36.1 Å². The van der Waals surface area contributed by atoms with Crippen LogP contribution in [0, 0.1) is 0 Å². The van der Waals surface area contributed by atoms with E-state index in [1.54, 1.807) is 0 Å². The zero-order valence-electron chi connectivity index (χ0n) is 12.4. The Bertz CT molecular complexity index is 651. The monoisotopic (exact) mass is 357 g/mol. The van der Waals surface area contributed by atoms with E-state index in [-0.39, 0.29) is 19.6 Å². The molecule has 0 spiro atoms. The van der Waals surface area contributed by atoms with Crippen molar-refractivity contribution in [3.05, 3.63) is 11.8 Å². The Balaban J connectivity index is 2.03. The number of rotatable bonds is 5. The third-order valence-electron chi connectivity index (χ3n) is 3.59. The van der Waals surface area contributed by atoms with Crippen molar-refractivity contribution < 1.29 is 31.4 Å². The van der Waals surface area contributed by atoms with Gasteiger partial charge in [-0.05, 0) is 19.3 Å². The third kappa shape index (κ3) is 4.43. The van der Waals surface area contributed by atoms with Gasteiger partial charge in [0, 0.05) is 26.3 Å². The molecule has 1 aromatic heterocycles. The molecule has 23 heavy (non-hydrogen) atoms. The minimum absolute atomic E-state index is 0.107. The van der Waals surface area contributed by atoms with Crippen molar-refractivity contribution in [1.29, 1.82) is 0 Å². The molecule has 0 aromatic carbocycles. The number of hydrogen-bond donors (Lipinski definition) is 2. The van der Waals surface area contributed by atoms with Crippen LogP contribution in [-0.4, -0.2) is 48.7 Å². The van der Waals surface area contributed by atoms with Crippen molar-refractivity contribution in [1.82, 2.24) is 14.5 Å². The van der Waals surface area contributed by atoms with Gasteiger partial charge >= 0.3 is 6.18 Å². The lowest BCUT2D eigenvalue weighted by Crippen LogP contribution is -2.42. The predicted molar refractivity (Wildman–Crippen MR) is 73.0 cm³/mol. The zero-order valence-corrected chi connectivity index (χ0v) is 13.2. The highest BCUT2D eigenvalue weighted by Gasteiger charge is 2.37. The van der Waals surface area contributed by atoms with E-state index in [4.69, 9.17) is 4.74 Å². The molecule has 2 rings (SSSR count). The van der Waals surface area contributed by atoms with Crippen molar-refractivity contribution in [3.8, 4) is 0 Å². The number of nitrogens with zero attached hydrogens (tertiary/aromatic N) is 2. The number of halogens is 3. The second kappa shape index (κ2) is 6.38. The number of hydrogen-bond acceptors (Lipinski definition) is 5. The molecule has 11 heteroatoms. The molecule has 2 N–H and O–H groups in total. The first-order valence-corrected chi connectivity index (χ1v) is 8.43. The highest BCUT2D eigenvalue weighted by molar-refractivity contribution is 7.89. The Labute approximate surface area is 131 Å². The largest absolute Gasteiger partial charge is 0.435 e. The van der Waals surface area contributed by atoms with Gasteiger partial charge in [-0.15, -0.1) is 0 Å². The Morgan fingerprint density at radius 1 is 1.52 bits per heavy atom. The first kappa shape index (κ1) is 18.2. The second-order valence-corrected chi connectivity index (χ2v) is 7.23. The summed E-state index contributed by atoms with van der Waals surface area (Å²) in [7, 11) is -3.04. The molecule has 1 unspecified atom stereocenters. The number of alkyl halides is 3. The van der Waals surface area contributed by atoms with Crippen molar-refractivity contribution in [2.24, 2.45) is 7.05 Å². The average molecular weight is 357 g/mol. The lowest BCUT2D eigenvalue weighted by molar-refractivity contribution is -0.141. The summed E-state index contributed by atoms with van der Waals surface area (Å²) in [6.45, 7) is 0.538. The highest BCUT2D eigenvalue weighted by Crippen LogP contribution is 2.29.